The van der Waals surface area contributed by atoms with Crippen molar-refractivity contribution in [2.75, 3.05) is 23.8 Å². The molecule has 0 radical (unpaired) electrons. The average Bonchev–Trinajstić information content (AvgIpc) is 2.85. The highest BCUT2D eigenvalue weighted by molar-refractivity contribution is 6.07. The highest BCUT2D eigenvalue weighted by atomic mass is 16.6. The second kappa shape index (κ2) is 8.98. The quantitative estimate of drug-likeness (QED) is 0.586. The lowest BCUT2D eigenvalue weighted by atomic mass is 9.90. The van der Waals surface area contributed by atoms with Crippen molar-refractivity contribution in [2.45, 2.75) is 32.6 Å². The fourth-order valence-corrected chi connectivity index (χ4v) is 4.29. The fourth-order valence-electron chi connectivity index (χ4n) is 4.29. The third-order valence-electron chi connectivity index (χ3n) is 6.16. The molecule has 0 bridgehead atoms. The van der Waals surface area contributed by atoms with Crippen LogP contribution in [0.4, 0.5) is 11.4 Å². The molecule has 0 saturated heterocycles. The van der Waals surface area contributed by atoms with E-state index in [1.54, 1.807) is 24.3 Å². The van der Waals surface area contributed by atoms with Crippen LogP contribution in [0.5, 0.6) is 11.5 Å². The predicted octanol–water partition coefficient (Wildman–Crippen LogP) is 5.15. The van der Waals surface area contributed by atoms with Gasteiger partial charge >= 0.3 is 0 Å². The van der Waals surface area contributed by atoms with Gasteiger partial charge in [0.25, 0.3) is 11.8 Å². The van der Waals surface area contributed by atoms with Crippen molar-refractivity contribution >= 4 is 23.2 Å². The molecule has 5 rings (SSSR count). The Morgan fingerprint density at radius 3 is 2.27 bits per heavy atom. The molecule has 0 saturated carbocycles. The molecule has 1 aliphatic heterocycles. The predicted molar refractivity (Wildman–Crippen MR) is 128 cm³/mol. The molecule has 2 aliphatic rings. The van der Waals surface area contributed by atoms with Crippen molar-refractivity contribution in [3.05, 3.63) is 82.4 Å². The van der Waals surface area contributed by atoms with Gasteiger partial charge in [0.1, 0.15) is 13.2 Å². The highest BCUT2D eigenvalue weighted by Crippen LogP contribution is 2.31. The topological polar surface area (TPSA) is 76.7 Å². The number of amides is 2. The van der Waals surface area contributed by atoms with Gasteiger partial charge in [-0.25, -0.2) is 0 Å². The minimum Gasteiger partial charge on any atom is -0.486 e. The zero-order chi connectivity index (χ0) is 22.8. The monoisotopic (exact) mass is 442 g/mol. The summed E-state index contributed by atoms with van der Waals surface area (Å²) < 4.78 is 11.1. The number of anilines is 2. The summed E-state index contributed by atoms with van der Waals surface area (Å²) in [4.78, 5) is 25.7. The molecular formula is C27H26N2O4. The van der Waals surface area contributed by atoms with E-state index in [9.17, 15) is 9.59 Å². The van der Waals surface area contributed by atoms with Gasteiger partial charge in [-0.2, -0.15) is 0 Å². The van der Waals surface area contributed by atoms with Crippen LogP contribution in [-0.2, 0) is 12.8 Å². The molecule has 3 aromatic carbocycles. The molecular weight excluding hydrogens is 416 g/mol. The van der Waals surface area contributed by atoms with Crippen molar-refractivity contribution in [1.29, 1.82) is 0 Å². The molecule has 0 aromatic heterocycles. The SMILES string of the molecule is Cc1ccc(NC(=O)c2ccc3c(c2)OCCO3)cc1NC(=O)c1ccc2c(c1)CCCC2. The molecule has 6 nitrogen and oxygen atoms in total. The molecule has 0 atom stereocenters. The van der Waals surface area contributed by atoms with Crippen molar-refractivity contribution in [2.24, 2.45) is 0 Å². The van der Waals surface area contributed by atoms with Crippen LogP contribution in [0.25, 0.3) is 0 Å². The second-order valence-electron chi connectivity index (χ2n) is 8.49. The molecule has 1 aliphatic carbocycles. The van der Waals surface area contributed by atoms with Gasteiger partial charge in [0, 0.05) is 22.5 Å². The Balaban J connectivity index is 1.31. The average molecular weight is 443 g/mol. The molecule has 168 valence electrons. The number of ether oxygens (including phenoxy) is 2. The zero-order valence-corrected chi connectivity index (χ0v) is 18.6. The molecule has 2 amide bonds. The van der Waals surface area contributed by atoms with E-state index in [1.807, 2.05) is 31.2 Å². The van der Waals surface area contributed by atoms with Crippen LogP contribution in [0.2, 0.25) is 0 Å². The van der Waals surface area contributed by atoms with E-state index in [-0.39, 0.29) is 11.8 Å². The summed E-state index contributed by atoms with van der Waals surface area (Å²) in [7, 11) is 0. The summed E-state index contributed by atoms with van der Waals surface area (Å²) in [5.41, 5.74) is 5.92. The van der Waals surface area contributed by atoms with Crippen LogP contribution >= 0.6 is 0 Å². The summed E-state index contributed by atoms with van der Waals surface area (Å²) in [6.45, 7) is 2.89. The van der Waals surface area contributed by atoms with Crippen molar-refractivity contribution in [3.63, 3.8) is 0 Å². The summed E-state index contributed by atoms with van der Waals surface area (Å²) in [6.07, 6.45) is 4.49. The van der Waals surface area contributed by atoms with Crippen LogP contribution in [0.15, 0.2) is 54.6 Å². The Bertz CT molecular complexity index is 1230. The number of benzene rings is 3. The minimum atomic E-state index is -0.261. The lowest BCUT2D eigenvalue weighted by Crippen LogP contribution is -2.17. The number of aryl methyl sites for hydroxylation is 3. The van der Waals surface area contributed by atoms with Crippen LogP contribution in [-0.4, -0.2) is 25.0 Å². The first-order valence-electron chi connectivity index (χ1n) is 11.3. The van der Waals surface area contributed by atoms with Gasteiger partial charge < -0.3 is 20.1 Å². The number of carbonyl (C=O) groups excluding carboxylic acids is 2. The standard InChI is InChI=1S/C27H26N2O4/c1-17-6-10-22(28-26(30)21-9-11-24-25(15-21)33-13-12-32-24)16-23(17)29-27(31)20-8-7-18-4-2-3-5-19(18)14-20/h6-11,14-16H,2-5,12-13H2,1H3,(H,28,30)(H,29,31). The molecule has 0 spiro atoms. The minimum absolute atomic E-state index is 0.151. The van der Waals surface area contributed by atoms with Gasteiger partial charge in [0.05, 0.1) is 0 Å². The molecule has 2 N–H and O–H groups in total. The van der Waals surface area contributed by atoms with E-state index in [1.165, 1.54) is 24.0 Å². The molecule has 0 unspecified atom stereocenters. The van der Waals surface area contributed by atoms with Crippen molar-refractivity contribution < 1.29 is 19.1 Å². The largest absolute Gasteiger partial charge is 0.486 e. The summed E-state index contributed by atoms with van der Waals surface area (Å²) in [5.74, 6) is 0.792. The number of rotatable bonds is 4. The fraction of sp³-hybridized carbons (Fsp3) is 0.259. The molecule has 3 aromatic rings. The van der Waals surface area contributed by atoms with Gasteiger partial charge in [0.15, 0.2) is 11.5 Å². The van der Waals surface area contributed by atoms with Gasteiger partial charge in [0.2, 0.25) is 0 Å². The van der Waals surface area contributed by atoms with Gasteiger partial charge in [-0.15, -0.1) is 0 Å². The third-order valence-corrected chi connectivity index (χ3v) is 6.16. The van der Waals surface area contributed by atoms with E-state index < -0.39 is 0 Å². The number of carbonyl (C=O) groups is 2. The zero-order valence-electron chi connectivity index (χ0n) is 18.6. The van der Waals surface area contributed by atoms with E-state index in [0.29, 0.717) is 47.2 Å². The molecule has 0 fully saturated rings. The van der Waals surface area contributed by atoms with E-state index in [2.05, 4.69) is 16.7 Å². The van der Waals surface area contributed by atoms with Gasteiger partial charge in [-0.1, -0.05) is 12.1 Å². The van der Waals surface area contributed by atoms with Crippen LogP contribution in [0, 0.1) is 6.92 Å². The number of hydrogen-bond donors (Lipinski definition) is 2. The van der Waals surface area contributed by atoms with Crippen LogP contribution in [0.1, 0.15) is 50.2 Å². The molecule has 6 heteroatoms. The smallest absolute Gasteiger partial charge is 0.255 e. The number of hydrogen-bond acceptors (Lipinski definition) is 4. The van der Waals surface area contributed by atoms with Crippen LogP contribution < -0.4 is 20.1 Å². The summed E-state index contributed by atoms with van der Waals surface area (Å²) in [6, 6.07) is 16.6. The Hall–Kier alpha value is -3.80. The maximum Gasteiger partial charge on any atom is 0.255 e. The van der Waals surface area contributed by atoms with Gasteiger partial charge in [-0.05, 0) is 91.8 Å². The second-order valence-corrected chi connectivity index (χ2v) is 8.49. The van der Waals surface area contributed by atoms with E-state index in [4.69, 9.17) is 9.47 Å². The Labute approximate surface area is 192 Å². The Morgan fingerprint density at radius 1 is 0.727 bits per heavy atom. The number of nitrogens with one attached hydrogen (secondary N) is 2. The van der Waals surface area contributed by atoms with E-state index in [0.717, 1.165) is 18.4 Å². The van der Waals surface area contributed by atoms with Crippen LogP contribution in [0.3, 0.4) is 0 Å². The maximum atomic E-state index is 12.9. The normalized spacial score (nSPS) is 14.2. The molecule has 1 heterocycles. The van der Waals surface area contributed by atoms with E-state index >= 15 is 0 Å². The Morgan fingerprint density at radius 2 is 1.42 bits per heavy atom. The lowest BCUT2D eigenvalue weighted by molar-refractivity contribution is 0.101. The summed E-state index contributed by atoms with van der Waals surface area (Å²) in [5, 5.41) is 5.90. The van der Waals surface area contributed by atoms with Crippen molar-refractivity contribution in [3.8, 4) is 11.5 Å². The maximum absolute atomic E-state index is 12.9. The Kier molecular flexibility index (Phi) is 5.73. The first-order chi connectivity index (χ1) is 16.1. The summed E-state index contributed by atoms with van der Waals surface area (Å²) >= 11 is 0. The van der Waals surface area contributed by atoms with Crippen molar-refractivity contribution in [1.82, 2.24) is 0 Å². The molecule has 33 heavy (non-hydrogen) atoms. The number of fused-ring (bicyclic) bond motifs is 2. The highest BCUT2D eigenvalue weighted by Gasteiger charge is 2.17. The van der Waals surface area contributed by atoms with Gasteiger partial charge in [-0.3, -0.25) is 9.59 Å². The first kappa shape index (κ1) is 21.1. The lowest BCUT2D eigenvalue weighted by Gasteiger charge is -2.19. The third kappa shape index (κ3) is 4.55. The first-order valence-corrected chi connectivity index (χ1v) is 11.3.